The molecule has 27 heavy (non-hydrogen) atoms. The molecular weight excluding hydrogens is 340 g/mol. The number of anilines is 1. The van der Waals surface area contributed by atoms with E-state index in [1.54, 1.807) is 19.2 Å². The molecule has 0 radical (unpaired) electrons. The van der Waals surface area contributed by atoms with Crippen LogP contribution in [-0.4, -0.2) is 29.8 Å². The van der Waals surface area contributed by atoms with Gasteiger partial charge in [0.1, 0.15) is 11.6 Å². The van der Waals surface area contributed by atoms with Crippen molar-refractivity contribution in [1.29, 1.82) is 0 Å². The van der Waals surface area contributed by atoms with Gasteiger partial charge in [0, 0.05) is 13.1 Å². The molecule has 0 saturated heterocycles. The molecule has 0 saturated carbocycles. The fourth-order valence-corrected chi connectivity index (χ4v) is 3.05. The summed E-state index contributed by atoms with van der Waals surface area (Å²) in [6.07, 6.45) is 8.41. The second-order valence-electron chi connectivity index (χ2n) is 6.62. The number of aromatic nitrogens is 2. The topological polar surface area (TPSA) is 76.1 Å². The summed E-state index contributed by atoms with van der Waals surface area (Å²) in [5, 5.41) is 14.2. The van der Waals surface area contributed by atoms with E-state index in [1.165, 1.54) is 31.3 Å². The number of ether oxygens (including phenoxy) is 1. The van der Waals surface area contributed by atoms with Gasteiger partial charge in [0.15, 0.2) is 5.69 Å². The zero-order chi connectivity index (χ0) is 18.9. The summed E-state index contributed by atoms with van der Waals surface area (Å²) in [6, 6.07) is 11.1. The number of hydrogen-bond donors (Lipinski definition) is 2. The van der Waals surface area contributed by atoms with Crippen molar-refractivity contribution in [1.82, 2.24) is 15.5 Å². The molecule has 0 spiro atoms. The van der Waals surface area contributed by atoms with Crippen LogP contribution < -0.4 is 15.4 Å². The number of methoxy groups -OCH3 is 1. The third-order valence-electron chi connectivity index (χ3n) is 4.65. The van der Waals surface area contributed by atoms with Crippen molar-refractivity contribution in [3.63, 3.8) is 0 Å². The fourth-order valence-electron chi connectivity index (χ4n) is 3.05. The highest BCUT2D eigenvalue weighted by atomic mass is 16.5. The molecule has 1 aliphatic carbocycles. The maximum absolute atomic E-state index is 12.2. The summed E-state index contributed by atoms with van der Waals surface area (Å²) in [5.41, 5.74) is 2.83. The van der Waals surface area contributed by atoms with Crippen molar-refractivity contribution >= 4 is 11.7 Å². The van der Waals surface area contributed by atoms with Gasteiger partial charge in [-0.25, -0.2) is 0 Å². The number of carbonyl (C=O) groups excluding carboxylic acids is 1. The quantitative estimate of drug-likeness (QED) is 0.697. The highest BCUT2D eigenvalue weighted by Gasteiger charge is 2.08. The Morgan fingerprint density at radius 2 is 1.96 bits per heavy atom. The molecule has 6 nitrogen and oxygen atoms in total. The lowest BCUT2D eigenvalue weighted by Crippen LogP contribution is -2.24. The Labute approximate surface area is 160 Å². The molecule has 2 N–H and O–H groups in total. The van der Waals surface area contributed by atoms with Crippen LogP contribution in [0.3, 0.4) is 0 Å². The van der Waals surface area contributed by atoms with Crippen LogP contribution >= 0.6 is 0 Å². The first-order valence-electron chi connectivity index (χ1n) is 9.41. The molecule has 3 rings (SSSR count). The Morgan fingerprint density at radius 1 is 1.11 bits per heavy atom. The molecule has 1 aliphatic rings. The Kier molecular flexibility index (Phi) is 6.79. The molecule has 0 aliphatic heterocycles. The van der Waals surface area contributed by atoms with E-state index >= 15 is 0 Å². The standard InChI is InChI=1S/C21H26N4O2/c1-27-18-9-7-17(8-10-18)15-23-21(26)19-11-12-20(25-24-19)22-14-13-16-5-3-2-4-6-16/h5,7-12H,2-4,6,13-15H2,1H3,(H,22,25)(H,23,26). The van der Waals surface area contributed by atoms with Crippen LogP contribution in [-0.2, 0) is 6.54 Å². The SMILES string of the molecule is COc1ccc(CNC(=O)c2ccc(NCCC3=CCCCC3)nn2)cc1. The van der Waals surface area contributed by atoms with E-state index in [4.69, 9.17) is 4.74 Å². The minimum absolute atomic E-state index is 0.239. The van der Waals surface area contributed by atoms with Gasteiger partial charge < -0.3 is 15.4 Å². The normalized spacial score (nSPS) is 13.6. The van der Waals surface area contributed by atoms with Crippen molar-refractivity contribution in [3.05, 3.63) is 59.3 Å². The lowest BCUT2D eigenvalue weighted by molar-refractivity contribution is 0.0945. The highest BCUT2D eigenvalue weighted by molar-refractivity contribution is 5.92. The molecule has 6 heteroatoms. The maximum atomic E-state index is 12.2. The largest absolute Gasteiger partial charge is 0.497 e. The molecule has 2 aromatic rings. The van der Waals surface area contributed by atoms with E-state index in [9.17, 15) is 4.79 Å². The van der Waals surface area contributed by atoms with Crippen molar-refractivity contribution in [2.45, 2.75) is 38.6 Å². The second kappa shape index (κ2) is 9.71. The predicted octanol–water partition coefficient (Wildman–Crippen LogP) is 3.72. The average molecular weight is 366 g/mol. The summed E-state index contributed by atoms with van der Waals surface area (Å²) >= 11 is 0. The van der Waals surface area contributed by atoms with Crippen LogP contribution in [0.5, 0.6) is 5.75 Å². The molecule has 0 fully saturated rings. The van der Waals surface area contributed by atoms with Gasteiger partial charge in [-0.15, -0.1) is 10.2 Å². The highest BCUT2D eigenvalue weighted by Crippen LogP contribution is 2.19. The zero-order valence-corrected chi connectivity index (χ0v) is 15.7. The summed E-state index contributed by atoms with van der Waals surface area (Å²) < 4.78 is 5.12. The van der Waals surface area contributed by atoms with Crippen LogP contribution in [0.25, 0.3) is 0 Å². The van der Waals surface area contributed by atoms with Crippen molar-refractivity contribution in [2.24, 2.45) is 0 Å². The van der Waals surface area contributed by atoms with Gasteiger partial charge in [-0.05, 0) is 61.9 Å². The average Bonchev–Trinajstić information content (AvgIpc) is 2.73. The summed E-state index contributed by atoms with van der Waals surface area (Å²) in [5.74, 6) is 1.24. The molecular formula is C21H26N4O2. The van der Waals surface area contributed by atoms with E-state index < -0.39 is 0 Å². The Bertz CT molecular complexity index is 770. The van der Waals surface area contributed by atoms with Crippen LogP contribution in [0.2, 0.25) is 0 Å². The smallest absolute Gasteiger partial charge is 0.272 e. The van der Waals surface area contributed by atoms with Gasteiger partial charge in [-0.3, -0.25) is 4.79 Å². The number of rotatable bonds is 8. The zero-order valence-electron chi connectivity index (χ0n) is 15.7. The van der Waals surface area contributed by atoms with Crippen LogP contribution in [0, 0.1) is 0 Å². The number of allylic oxidation sites excluding steroid dienone is 1. The van der Waals surface area contributed by atoms with E-state index in [0.717, 1.165) is 24.3 Å². The molecule has 142 valence electrons. The number of benzene rings is 1. The maximum Gasteiger partial charge on any atom is 0.272 e. The number of amides is 1. The minimum atomic E-state index is -0.239. The first-order chi connectivity index (χ1) is 13.2. The molecule has 1 aromatic carbocycles. The third kappa shape index (κ3) is 5.81. The first kappa shape index (κ1) is 18.9. The molecule has 0 unspecified atom stereocenters. The van der Waals surface area contributed by atoms with Crippen molar-refractivity contribution < 1.29 is 9.53 Å². The van der Waals surface area contributed by atoms with Crippen LogP contribution in [0.4, 0.5) is 5.82 Å². The van der Waals surface area contributed by atoms with Crippen LogP contribution in [0.1, 0.15) is 48.2 Å². The fraction of sp³-hybridized carbons (Fsp3) is 0.381. The minimum Gasteiger partial charge on any atom is -0.497 e. The van der Waals surface area contributed by atoms with Crippen molar-refractivity contribution in [3.8, 4) is 5.75 Å². The number of nitrogens with one attached hydrogen (secondary N) is 2. The van der Waals surface area contributed by atoms with Gasteiger partial charge >= 0.3 is 0 Å². The van der Waals surface area contributed by atoms with Gasteiger partial charge in [0.2, 0.25) is 0 Å². The summed E-state index contributed by atoms with van der Waals surface area (Å²) in [4.78, 5) is 12.2. The van der Waals surface area contributed by atoms with Gasteiger partial charge in [0.05, 0.1) is 7.11 Å². The number of nitrogens with zero attached hydrogens (tertiary/aromatic N) is 2. The molecule has 0 bridgehead atoms. The lowest BCUT2D eigenvalue weighted by Gasteiger charge is -2.13. The first-order valence-corrected chi connectivity index (χ1v) is 9.41. The van der Waals surface area contributed by atoms with Crippen LogP contribution in [0.15, 0.2) is 48.0 Å². The van der Waals surface area contributed by atoms with E-state index in [0.29, 0.717) is 18.1 Å². The number of carbonyl (C=O) groups is 1. The Balaban J connectivity index is 1.44. The Hall–Kier alpha value is -2.89. The summed E-state index contributed by atoms with van der Waals surface area (Å²) in [6.45, 7) is 1.27. The van der Waals surface area contributed by atoms with Crippen molar-refractivity contribution in [2.75, 3.05) is 19.0 Å². The van der Waals surface area contributed by atoms with Gasteiger partial charge in [-0.1, -0.05) is 23.8 Å². The molecule has 1 amide bonds. The summed E-state index contributed by atoms with van der Waals surface area (Å²) in [7, 11) is 1.63. The van der Waals surface area contributed by atoms with E-state index in [2.05, 4.69) is 26.9 Å². The molecule has 1 aromatic heterocycles. The monoisotopic (exact) mass is 366 g/mol. The Morgan fingerprint density at radius 3 is 2.63 bits per heavy atom. The second-order valence-corrected chi connectivity index (χ2v) is 6.62. The van der Waals surface area contributed by atoms with E-state index in [-0.39, 0.29) is 5.91 Å². The molecule has 0 atom stereocenters. The predicted molar refractivity (Wildman–Crippen MR) is 106 cm³/mol. The van der Waals surface area contributed by atoms with Gasteiger partial charge in [0.25, 0.3) is 5.91 Å². The number of hydrogen-bond acceptors (Lipinski definition) is 5. The van der Waals surface area contributed by atoms with Gasteiger partial charge in [-0.2, -0.15) is 0 Å². The van der Waals surface area contributed by atoms with E-state index in [1.807, 2.05) is 24.3 Å². The molecule has 1 heterocycles. The lowest BCUT2D eigenvalue weighted by atomic mass is 9.97. The third-order valence-corrected chi connectivity index (χ3v) is 4.65.